The summed E-state index contributed by atoms with van der Waals surface area (Å²) in [6, 6.07) is 5.68. The fourth-order valence-electron chi connectivity index (χ4n) is 5.36. The van der Waals surface area contributed by atoms with Crippen LogP contribution in [0.15, 0.2) is 47.4 Å². The summed E-state index contributed by atoms with van der Waals surface area (Å²) in [4.78, 5) is 23.0. The van der Waals surface area contributed by atoms with E-state index in [1.807, 2.05) is 35.0 Å². The number of hydrogen-bond acceptors (Lipinski definition) is 5. The number of likely N-dealkylation sites (tertiary alicyclic amines) is 1. The average Bonchev–Trinajstić information content (AvgIpc) is 3.38. The van der Waals surface area contributed by atoms with Gasteiger partial charge in [0.2, 0.25) is 0 Å². The largest absolute Gasteiger partial charge is 0.381 e. The molecule has 1 aromatic carbocycles. The van der Waals surface area contributed by atoms with Crippen molar-refractivity contribution in [3.8, 4) is 0 Å². The Bertz CT molecular complexity index is 1350. The van der Waals surface area contributed by atoms with Crippen LogP contribution in [-0.2, 0) is 11.3 Å². The second kappa shape index (κ2) is 8.60. The Labute approximate surface area is 196 Å². The highest BCUT2D eigenvalue weighted by atomic mass is 19.1. The molecule has 0 radical (unpaired) electrons. The Morgan fingerprint density at radius 3 is 2.79 bits per heavy atom. The van der Waals surface area contributed by atoms with Crippen LogP contribution < -0.4 is 5.56 Å². The Morgan fingerprint density at radius 2 is 2.06 bits per heavy atom. The van der Waals surface area contributed by atoms with Gasteiger partial charge in [-0.1, -0.05) is 37.3 Å². The van der Waals surface area contributed by atoms with Gasteiger partial charge in [-0.15, -0.1) is 0 Å². The molecule has 2 atom stereocenters. The van der Waals surface area contributed by atoms with Crippen molar-refractivity contribution >= 4 is 16.6 Å². The predicted octanol–water partition coefficient (Wildman–Crippen LogP) is 3.80. The average molecular weight is 462 g/mol. The maximum Gasteiger partial charge on any atom is 0.262 e. The molecule has 8 heteroatoms. The third-order valence-electron chi connectivity index (χ3n) is 7.39. The van der Waals surface area contributed by atoms with Crippen molar-refractivity contribution in [3.63, 3.8) is 0 Å². The highest BCUT2D eigenvalue weighted by Gasteiger charge is 2.33. The van der Waals surface area contributed by atoms with Crippen molar-refractivity contribution in [2.24, 2.45) is 5.92 Å². The van der Waals surface area contributed by atoms with Crippen LogP contribution in [0.25, 0.3) is 16.6 Å². The van der Waals surface area contributed by atoms with E-state index in [2.05, 4.69) is 21.9 Å². The zero-order valence-corrected chi connectivity index (χ0v) is 19.2. The first kappa shape index (κ1) is 21.4. The number of halogens is 1. The summed E-state index contributed by atoms with van der Waals surface area (Å²) in [5.41, 5.74) is 3.16. The van der Waals surface area contributed by atoms with Crippen LogP contribution in [0.2, 0.25) is 0 Å². The van der Waals surface area contributed by atoms with Crippen LogP contribution in [0.5, 0.6) is 0 Å². The highest BCUT2D eigenvalue weighted by Crippen LogP contribution is 2.33. The summed E-state index contributed by atoms with van der Waals surface area (Å²) >= 11 is 0. The molecule has 2 saturated heterocycles. The van der Waals surface area contributed by atoms with Gasteiger partial charge < -0.3 is 9.72 Å². The molecule has 0 spiro atoms. The third-order valence-corrected chi connectivity index (χ3v) is 7.39. The smallest absolute Gasteiger partial charge is 0.262 e. The molecule has 0 saturated carbocycles. The second-order valence-electron chi connectivity index (χ2n) is 9.69. The zero-order chi connectivity index (χ0) is 23.2. The molecule has 6 rings (SSSR count). The first-order valence-electron chi connectivity index (χ1n) is 12.0. The van der Waals surface area contributed by atoms with Crippen LogP contribution >= 0.6 is 0 Å². The van der Waals surface area contributed by atoms with E-state index < -0.39 is 0 Å². The molecule has 0 amide bonds. The van der Waals surface area contributed by atoms with Crippen LogP contribution in [0.3, 0.4) is 0 Å². The summed E-state index contributed by atoms with van der Waals surface area (Å²) < 4.78 is 22.2. The van der Waals surface area contributed by atoms with E-state index in [9.17, 15) is 9.18 Å². The fourth-order valence-corrected chi connectivity index (χ4v) is 5.36. The maximum absolute atomic E-state index is 14.8. The van der Waals surface area contributed by atoms with Gasteiger partial charge in [-0.05, 0) is 36.0 Å². The minimum absolute atomic E-state index is 0.0720. The van der Waals surface area contributed by atoms with E-state index in [-0.39, 0.29) is 29.3 Å². The molecule has 176 valence electrons. The van der Waals surface area contributed by atoms with Crippen LogP contribution in [0, 0.1) is 11.7 Å². The highest BCUT2D eigenvalue weighted by molar-refractivity contribution is 5.81. The third kappa shape index (κ3) is 3.80. The van der Waals surface area contributed by atoms with Gasteiger partial charge in [-0.25, -0.2) is 14.1 Å². The van der Waals surface area contributed by atoms with Gasteiger partial charge >= 0.3 is 0 Å². The Morgan fingerprint density at radius 1 is 1.24 bits per heavy atom. The number of hydrogen-bond donors (Lipinski definition) is 1. The number of nitrogens with zero attached hydrogens (tertiary/aromatic N) is 4. The van der Waals surface area contributed by atoms with Gasteiger partial charge in [0.05, 0.1) is 12.2 Å². The number of rotatable bonds is 5. The van der Waals surface area contributed by atoms with E-state index in [0.717, 1.165) is 37.1 Å². The lowest BCUT2D eigenvalue weighted by atomic mass is 9.97. The maximum atomic E-state index is 14.8. The van der Waals surface area contributed by atoms with Gasteiger partial charge in [0.25, 0.3) is 5.56 Å². The molecule has 0 unspecified atom stereocenters. The molecule has 4 heterocycles. The van der Waals surface area contributed by atoms with E-state index in [1.54, 1.807) is 12.3 Å². The van der Waals surface area contributed by atoms with Crippen LogP contribution in [0.1, 0.15) is 48.7 Å². The van der Waals surface area contributed by atoms with Crippen LogP contribution in [-0.4, -0.2) is 51.0 Å². The molecule has 3 aliphatic rings. The molecule has 3 aromatic rings. The lowest BCUT2D eigenvalue weighted by molar-refractivity contribution is 0.0673. The zero-order valence-electron chi connectivity index (χ0n) is 19.2. The number of benzene rings is 1. The minimum Gasteiger partial charge on any atom is -0.381 e. The molecule has 7 nitrogen and oxygen atoms in total. The predicted molar refractivity (Wildman–Crippen MR) is 128 cm³/mol. The number of fused-ring (bicyclic) bond motifs is 1. The van der Waals surface area contributed by atoms with Crippen molar-refractivity contribution in [1.29, 1.82) is 0 Å². The normalized spacial score (nSPS) is 23.4. The fraction of sp³-hybridized carbons (Fsp3) is 0.423. The van der Waals surface area contributed by atoms with Crippen molar-refractivity contribution in [1.82, 2.24) is 24.6 Å². The van der Waals surface area contributed by atoms with Crippen LogP contribution in [0.4, 0.5) is 4.39 Å². The summed E-state index contributed by atoms with van der Waals surface area (Å²) in [7, 11) is 0. The molecule has 2 aromatic heterocycles. The van der Waals surface area contributed by atoms with Gasteiger partial charge in [0, 0.05) is 44.3 Å². The van der Waals surface area contributed by atoms with Crippen molar-refractivity contribution in [2.75, 3.05) is 26.3 Å². The van der Waals surface area contributed by atoms with Crippen molar-refractivity contribution < 1.29 is 9.13 Å². The lowest BCUT2D eigenvalue weighted by Crippen LogP contribution is -2.23. The first-order valence-corrected chi connectivity index (χ1v) is 12.0. The number of ether oxygens (including phenoxy) is 1. The molecule has 2 fully saturated rings. The minimum atomic E-state index is -0.178. The molecular formula is C26H28FN5O2. The molecule has 1 aliphatic carbocycles. The first-order chi connectivity index (χ1) is 16.6. The topological polar surface area (TPSA) is 76.0 Å². The van der Waals surface area contributed by atoms with Gasteiger partial charge in [0.1, 0.15) is 17.0 Å². The SMILES string of the molecule is C[C@@H]1CN(Cc2ccc(C3=CC=C3)cc2F)C[C@H]1c1nc2c(cnn2C2CCOCC2)c(=O)[nH]1. The van der Waals surface area contributed by atoms with Crippen molar-refractivity contribution in [3.05, 3.63) is 75.7 Å². The van der Waals surface area contributed by atoms with Crippen molar-refractivity contribution in [2.45, 2.75) is 38.3 Å². The number of nitrogens with one attached hydrogen (secondary N) is 1. The number of allylic oxidation sites excluding steroid dienone is 4. The van der Waals surface area contributed by atoms with Gasteiger partial charge in [-0.3, -0.25) is 9.69 Å². The van der Waals surface area contributed by atoms with E-state index in [0.29, 0.717) is 42.2 Å². The number of H-pyrrole nitrogens is 1. The van der Waals surface area contributed by atoms with E-state index in [4.69, 9.17) is 9.72 Å². The summed E-state index contributed by atoms with van der Waals surface area (Å²) in [5.74, 6) is 0.874. The van der Waals surface area contributed by atoms with E-state index in [1.165, 1.54) is 0 Å². The standard InChI is InChI=1S/C26H28FN5O2/c1-16-13-31(14-19-6-5-18(11-23(19)27)17-3-2-4-17)15-22(16)24-29-25-21(26(33)30-24)12-28-32(25)20-7-9-34-10-8-20/h2-6,11-12,16,20,22H,7-10,13-15H2,1H3,(H,29,30,33)/t16-,22-/m1/s1. The number of aromatic nitrogens is 4. The quantitative estimate of drug-likeness (QED) is 0.626. The molecule has 0 bridgehead atoms. The van der Waals surface area contributed by atoms with Gasteiger partial charge in [-0.2, -0.15) is 5.10 Å². The molecular weight excluding hydrogens is 433 g/mol. The summed E-state index contributed by atoms with van der Waals surface area (Å²) in [5, 5.41) is 5.02. The molecule has 2 aliphatic heterocycles. The molecule has 34 heavy (non-hydrogen) atoms. The summed E-state index contributed by atoms with van der Waals surface area (Å²) in [6.07, 6.45) is 9.28. The Hall–Kier alpha value is -3.10. The lowest BCUT2D eigenvalue weighted by Gasteiger charge is -2.23. The Balaban J connectivity index is 1.23. The monoisotopic (exact) mass is 461 g/mol. The summed E-state index contributed by atoms with van der Waals surface area (Å²) in [6.45, 7) is 5.63. The second-order valence-corrected chi connectivity index (χ2v) is 9.69. The number of aromatic amines is 1. The van der Waals surface area contributed by atoms with Gasteiger partial charge in [0.15, 0.2) is 5.65 Å². The Kier molecular flexibility index (Phi) is 5.42. The van der Waals surface area contributed by atoms with E-state index >= 15 is 0 Å². The molecule has 1 N–H and O–H groups in total.